The lowest BCUT2D eigenvalue weighted by molar-refractivity contribution is -0.117. The van der Waals surface area contributed by atoms with E-state index in [1.165, 1.54) is 11.3 Å². The van der Waals surface area contributed by atoms with Crippen LogP contribution in [0, 0.1) is 0 Å². The Hall–Kier alpha value is -2.48. The molecule has 0 radical (unpaired) electrons. The first kappa shape index (κ1) is 16.4. The fourth-order valence-electron chi connectivity index (χ4n) is 2.45. The van der Waals surface area contributed by atoms with Crippen molar-refractivity contribution in [3.63, 3.8) is 0 Å². The number of carbonyl (C=O) groups is 2. The standard InChI is InChI=1S/C16H19N5O2S/c1-20(2)13-6-5-11(9-17-13)18-14(22)8-12-10-24-16(19-12)21-7-3-4-15(21)23/h5-6,9-10H,3-4,7-8H2,1-2H3,(H,18,22). The number of hydrogen-bond acceptors (Lipinski definition) is 6. The van der Waals surface area contributed by atoms with E-state index in [2.05, 4.69) is 15.3 Å². The van der Waals surface area contributed by atoms with Gasteiger partial charge in [-0.25, -0.2) is 9.97 Å². The second-order valence-corrected chi connectivity index (χ2v) is 6.63. The summed E-state index contributed by atoms with van der Waals surface area (Å²) in [6.07, 6.45) is 3.24. The van der Waals surface area contributed by atoms with E-state index < -0.39 is 0 Å². The summed E-state index contributed by atoms with van der Waals surface area (Å²) in [6.45, 7) is 0.710. The van der Waals surface area contributed by atoms with Gasteiger partial charge >= 0.3 is 0 Å². The molecule has 8 heteroatoms. The van der Waals surface area contributed by atoms with E-state index in [9.17, 15) is 9.59 Å². The van der Waals surface area contributed by atoms with Gasteiger partial charge in [-0.15, -0.1) is 11.3 Å². The van der Waals surface area contributed by atoms with Crippen LogP contribution in [-0.4, -0.2) is 42.4 Å². The van der Waals surface area contributed by atoms with Crippen LogP contribution in [0.4, 0.5) is 16.6 Å². The van der Waals surface area contributed by atoms with Gasteiger partial charge in [-0.3, -0.25) is 14.5 Å². The molecule has 1 N–H and O–H groups in total. The van der Waals surface area contributed by atoms with Crippen LogP contribution >= 0.6 is 11.3 Å². The fourth-order valence-corrected chi connectivity index (χ4v) is 3.31. The topological polar surface area (TPSA) is 78.4 Å². The third kappa shape index (κ3) is 3.70. The highest BCUT2D eigenvalue weighted by atomic mass is 32.1. The number of aromatic nitrogens is 2. The summed E-state index contributed by atoms with van der Waals surface area (Å²) >= 11 is 1.40. The first-order valence-corrected chi connectivity index (χ1v) is 8.59. The monoisotopic (exact) mass is 345 g/mol. The molecule has 3 heterocycles. The van der Waals surface area contributed by atoms with Crippen molar-refractivity contribution in [1.29, 1.82) is 0 Å². The van der Waals surface area contributed by atoms with Gasteiger partial charge in [0.15, 0.2) is 5.13 Å². The van der Waals surface area contributed by atoms with E-state index in [4.69, 9.17) is 0 Å². The molecule has 0 unspecified atom stereocenters. The van der Waals surface area contributed by atoms with Gasteiger partial charge in [-0.2, -0.15) is 0 Å². The molecule has 0 spiro atoms. The number of hydrogen-bond donors (Lipinski definition) is 1. The Morgan fingerprint density at radius 3 is 2.88 bits per heavy atom. The zero-order valence-electron chi connectivity index (χ0n) is 13.7. The molecule has 1 aliphatic heterocycles. The summed E-state index contributed by atoms with van der Waals surface area (Å²) in [7, 11) is 3.82. The lowest BCUT2D eigenvalue weighted by Gasteiger charge is -2.11. The molecule has 0 aliphatic carbocycles. The van der Waals surface area contributed by atoms with Crippen LogP contribution in [0.1, 0.15) is 18.5 Å². The minimum Gasteiger partial charge on any atom is -0.363 e. The van der Waals surface area contributed by atoms with E-state index in [0.717, 1.165) is 12.2 Å². The molecule has 1 fully saturated rings. The molecule has 0 bridgehead atoms. The van der Waals surface area contributed by atoms with Gasteiger partial charge in [0.1, 0.15) is 5.82 Å². The van der Waals surface area contributed by atoms with Crippen molar-refractivity contribution in [2.24, 2.45) is 0 Å². The van der Waals surface area contributed by atoms with Crippen LogP contribution in [-0.2, 0) is 16.0 Å². The lowest BCUT2D eigenvalue weighted by Crippen LogP contribution is -2.23. The van der Waals surface area contributed by atoms with Gasteiger partial charge in [-0.1, -0.05) is 0 Å². The second kappa shape index (κ2) is 6.96. The van der Waals surface area contributed by atoms with E-state index in [0.29, 0.717) is 29.5 Å². The van der Waals surface area contributed by atoms with Crippen molar-refractivity contribution in [2.45, 2.75) is 19.3 Å². The lowest BCUT2D eigenvalue weighted by atomic mass is 10.3. The zero-order valence-corrected chi connectivity index (χ0v) is 14.5. The maximum absolute atomic E-state index is 12.1. The molecule has 1 aliphatic rings. The molecule has 7 nitrogen and oxygen atoms in total. The molecular weight excluding hydrogens is 326 g/mol. The largest absolute Gasteiger partial charge is 0.363 e. The van der Waals surface area contributed by atoms with Crippen LogP contribution in [0.3, 0.4) is 0 Å². The average Bonchev–Trinajstić information content (AvgIpc) is 3.16. The SMILES string of the molecule is CN(C)c1ccc(NC(=O)Cc2csc(N3CCCC3=O)n2)cn1. The van der Waals surface area contributed by atoms with Gasteiger partial charge in [0.25, 0.3) is 0 Å². The second-order valence-electron chi connectivity index (χ2n) is 5.79. The number of pyridine rings is 1. The normalized spacial score (nSPS) is 14.1. The molecule has 0 atom stereocenters. The quantitative estimate of drug-likeness (QED) is 0.896. The predicted octanol–water partition coefficient (Wildman–Crippen LogP) is 1.91. The Bertz CT molecular complexity index is 741. The van der Waals surface area contributed by atoms with Crippen LogP contribution in [0.15, 0.2) is 23.7 Å². The molecule has 2 aromatic rings. The number of carbonyl (C=O) groups excluding carboxylic acids is 2. The number of nitrogens with one attached hydrogen (secondary N) is 1. The molecule has 24 heavy (non-hydrogen) atoms. The van der Waals surface area contributed by atoms with Crippen molar-refractivity contribution in [3.8, 4) is 0 Å². The van der Waals surface area contributed by atoms with Crippen molar-refractivity contribution in [1.82, 2.24) is 9.97 Å². The average molecular weight is 345 g/mol. The Labute approximate surface area is 144 Å². The highest BCUT2D eigenvalue weighted by Crippen LogP contribution is 2.25. The third-order valence-electron chi connectivity index (χ3n) is 3.68. The fraction of sp³-hybridized carbons (Fsp3) is 0.375. The zero-order chi connectivity index (χ0) is 17.1. The van der Waals surface area contributed by atoms with Gasteiger partial charge in [0.05, 0.1) is 24.0 Å². The number of rotatable bonds is 5. The number of amides is 2. The Morgan fingerprint density at radius 2 is 2.25 bits per heavy atom. The minimum atomic E-state index is -0.154. The molecule has 2 amide bonds. The number of nitrogens with zero attached hydrogens (tertiary/aromatic N) is 4. The van der Waals surface area contributed by atoms with Crippen LogP contribution < -0.4 is 15.1 Å². The molecule has 1 saturated heterocycles. The molecule has 3 rings (SSSR count). The third-order valence-corrected chi connectivity index (χ3v) is 4.59. The molecule has 0 saturated carbocycles. The van der Waals surface area contributed by atoms with Gasteiger partial charge in [-0.05, 0) is 18.6 Å². The summed E-state index contributed by atoms with van der Waals surface area (Å²) in [5.41, 5.74) is 1.32. The van der Waals surface area contributed by atoms with Gasteiger partial charge in [0, 0.05) is 32.4 Å². The van der Waals surface area contributed by atoms with Crippen LogP contribution in [0.5, 0.6) is 0 Å². The van der Waals surface area contributed by atoms with E-state index in [-0.39, 0.29) is 18.2 Å². The van der Waals surface area contributed by atoms with Crippen molar-refractivity contribution in [2.75, 3.05) is 35.8 Å². The highest BCUT2D eigenvalue weighted by Gasteiger charge is 2.24. The molecule has 2 aromatic heterocycles. The first-order valence-electron chi connectivity index (χ1n) is 7.71. The maximum Gasteiger partial charge on any atom is 0.230 e. The van der Waals surface area contributed by atoms with Crippen molar-refractivity contribution >= 4 is 39.8 Å². The van der Waals surface area contributed by atoms with Crippen LogP contribution in [0.2, 0.25) is 0 Å². The molecule has 126 valence electrons. The van der Waals surface area contributed by atoms with E-state index >= 15 is 0 Å². The minimum absolute atomic E-state index is 0.104. The summed E-state index contributed by atoms with van der Waals surface area (Å²) in [5.74, 6) is 0.777. The highest BCUT2D eigenvalue weighted by molar-refractivity contribution is 7.14. The summed E-state index contributed by atoms with van der Waals surface area (Å²) in [6, 6.07) is 3.66. The first-order chi connectivity index (χ1) is 11.5. The van der Waals surface area contributed by atoms with Gasteiger partial charge in [0.2, 0.25) is 11.8 Å². The van der Waals surface area contributed by atoms with E-state index in [1.54, 1.807) is 11.1 Å². The summed E-state index contributed by atoms with van der Waals surface area (Å²) in [5, 5.41) is 5.31. The van der Waals surface area contributed by atoms with Crippen molar-refractivity contribution in [3.05, 3.63) is 29.4 Å². The Morgan fingerprint density at radius 1 is 1.42 bits per heavy atom. The Balaban J connectivity index is 1.59. The van der Waals surface area contributed by atoms with Gasteiger partial charge < -0.3 is 10.2 Å². The maximum atomic E-state index is 12.1. The predicted molar refractivity (Wildman–Crippen MR) is 94.6 cm³/mol. The summed E-state index contributed by atoms with van der Waals surface area (Å²) < 4.78 is 0. The molecular formula is C16H19N5O2S. The number of thiazole rings is 1. The smallest absolute Gasteiger partial charge is 0.230 e. The number of anilines is 3. The van der Waals surface area contributed by atoms with Crippen LogP contribution in [0.25, 0.3) is 0 Å². The van der Waals surface area contributed by atoms with Crippen molar-refractivity contribution < 1.29 is 9.59 Å². The molecule has 0 aromatic carbocycles. The van der Waals surface area contributed by atoms with E-state index in [1.807, 2.05) is 36.5 Å². The Kier molecular flexibility index (Phi) is 4.75. The summed E-state index contributed by atoms with van der Waals surface area (Å²) in [4.78, 5) is 36.1.